The molecule has 1 aromatic carbocycles. The molecule has 0 saturated heterocycles. The molecule has 2 aromatic rings. The molecule has 2 amide bonds. The number of primary amides is 1. The summed E-state index contributed by atoms with van der Waals surface area (Å²) in [4.78, 5) is 20.2. The van der Waals surface area contributed by atoms with Crippen molar-refractivity contribution in [1.29, 1.82) is 0 Å². The zero-order chi connectivity index (χ0) is 20.1. The number of amides is 2. The number of carbonyl (C=O) groups excluding carboxylic acids is 1. The first kappa shape index (κ1) is 21.4. The first-order chi connectivity index (χ1) is 12.8. The third-order valence-corrected chi connectivity index (χ3v) is 6.07. The highest BCUT2D eigenvalue weighted by molar-refractivity contribution is 7.16. The van der Waals surface area contributed by atoms with Crippen molar-refractivity contribution >= 4 is 28.2 Å². The second kappa shape index (κ2) is 9.36. The van der Waals surface area contributed by atoms with E-state index < -0.39 is 6.03 Å². The van der Waals surface area contributed by atoms with E-state index in [1.165, 1.54) is 17.7 Å². The van der Waals surface area contributed by atoms with Crippen LogP contribution < -0.4 is 10.6 Å². The van der Waals surface area contributed by atoms with Crippen LogP contribution in [-0.4, -0.2) is 11.0 Å². The molecule has 4 nitrogen and oxygen atoms in total. The van der Waals surface area contributed by atoms with Crippen LogP contribution in [0.2, 0.25) is 0 Å². The van der Waals surface area contributed by atoms with Gasteiger partial charge in [0.2, 0.25) is 0 Å². The maximum atomic E-state index is 12.5. The first-order valence-corrected chi connectivity index (χ1v) is 10.8. The number of aromatic nitrogens is 1. The summed E-state index contributed by atoms with van der Waals surface area (Å²) >= 11 is 1.60. The Morgan fingerprint density at radius 2 is 1.74 bits per heavy atom. The fourth-order valence-corrected chi connectivity index (χ4v) is 4.46. The van der Waals surface area contributed by atoms with Gasteiger partial charge in [0.15, 0.2) is 5.13 Å². The van der Waals surface area contributed by atoms with E-state index in [-0.39, 0.29) is 11.8 Å². The molecule has 5 heteroatoms. The van der Waals surface area contributed by atoms with Crippen LogP contribution >= 0.6 is 11.3 Å². The number of urea groups is 1. The molecule has 0 aliphatic heterocycles. The summed E-state index contributed by atoms with van der Waals surface area (Å²) in [7, 11) is 0. The van der Waals surface area contributed by atoms with Crippen LogP contribution in [-0.2, 0) is 6.42 Å². The van der Waals surface area contributed by atoms with Crippen LogP contribution in [0.3, 0.4) is 0 Å². The molecule has 0 radical (unpaired) electrons. The van der Waals surface area contributed by atoms with Crippen LogP contribution in [0, 0.1) is 6.92 Å². The quantitative estimate of drug-likeness (QED) is 0.516. The minimum Gasteiger partial charge on any atom is -0.351 e. The van der Waals surface area contributed by atoms with Gasteiger partial charge in [-0.2, -0.15) is 0 Å². The molecule has 0 aliphatic rings. The van der Waals surface area contributed by atoms with Gasteiger partial charge < -0.3 is 5.73 Å². The molecule has 2 N–H and O–H groups in total. The highest BCUT2D eigenvalue weighted by Gasteiger charge is 2.27. The summed E-state index contributed by atoms with van der Waals surface area (Å²) in [6, 6.07) is 5.77. The molecule has 148 valence electrons. The molecule has 0 fully saturated rings. The lowest BCUT2D eigenvalue weighted by Gasteiger charge is -2.27. The maximum Gasteiger partial charge on any atom is 0.325 e. The Balaban J connectivity index is 2.57. The van der Waals surface area contributed by atoms with E-state index in [9.17, 15) is 4.79 Å². The predicted octanol–water partition coefficient (Wildman–Crippen LogP) is 6.65. The van der Waals surface area contributed by atoms with Gasteiger partial charge in [-0.3, -0.25) is 0 Å². The molecule has 0 spiro atoms. The van der Waals surface area contributed by atoms with Crippen molar-refractivity contribution in [3.05, 3.63) is 39.9 Å². The minimum atomic E-state index is -0.473. The van der Waals surface area contributed by atoms with Gasteiger partial charge in [0.25, 0.3) is 0 Å². The number of rotatable bonds is 8. The van der Waals surface area contributed by atoms with Crippen molar-refractivity contribution in [2.45, 2.75) is 79.1 Å². The number of unbranched alkanes of at least 4 members (excludes halogenated alkanes) is 2. The van der Waals surface area contributed by atoms with Crippen LogP contribution in [0.1, 0.15) is 87.4 Å². The lowest BCUT2D eigenvalue weighted by Crippen LogP contribution is -2.33. The largest absolute Gasteiger partial charge is 0.351 e. The first-order valence-electron chi connectivity index (χ1n) is 9.96. The normalized spacial score (nSPS) is 11.4. The molecule has 1 aromatic heterocycles. The highest BCUT2D eigenvalue weighted by Crippen LogP contribution is 2.41. The van der Waals surface area contributed by atoms with Crippen molar-refractivity contribution in [3.8, 4) is 0 Å². The van der Waals surface area contributed by atoms with E-state index in [4.69, 9.17) is 10.7 Å². The standard InChI is InChI=1S/C22H33N3OS/c1-7-8-9-13-19-16(6)24-22(27-19)25(21(23)26)20-17(14(2)3)11-10-12-18(20)15(4)5/h10-12,14-15H,7-9,13H2,1-6H3,(H2,23,26). The molecule has 0 atom stereocenters. The summed E-state index contributed by atoms with van der Waals surface area (Å²) in [6.45, 7) is 12.8. The van der Waals surface area contributed by atoms with Crippen molar-refractivity contribution in [3.63, 3.8) is 0 Å². The predicted molar refractivity (Wildman–Crippen MR) is 116 cm³/mol. The number of nitrogens with zero attached hydrogens (tertiary/aromatic N) is 2. The lowest BCUT2D eigenvalue weighted by atomic mass is 9.92. The Bertz CT molecular complexity index is 754. The van der Waals surface area contributed by atoms with Gasteiger partial charge in [0.05, 0.1) is 11.4 Å². The van der Waals surface area contributed by atoms with Gasteiger partial charge >= 0.3 is 6.03 Å². The Labute approximate surface area is 167 Å². The van der Waals surface area contributed by atoms with E-state index >= 15 is 0 Å². The number of thiazole rings is 1. The number of anilines is 2. The van der Waals surface area contributed by atoms with E-state index in [1.807, 2.05) is 6.92 Å². The van der Waals surface area contributed by atoms with Crippen molar-refractivity contribution in [2.24, 2.45) is 5.73 Å². The van der Waals surface area contributed by atoms with Crippen molar-refractivity contribution in [1.82, 2.24) is 4.98 Å². The third kappa shape index (κ3) is 4.89. The number of aryl methyl sites for hydroxylation is 2. The highest BCUT2D eigenvalue weighted by atomic mass is 32.1. The van der Waals surface area contributed by atoms with Gasteiger partial charge in [-0.15, -0.1) is 11.3 Å². The number of nitrogens with two attached hydrogens (primary N) is 1. The average molecular weight is 388 g/mol. The molecular formula is C22H33N3OS. The Morgan fingerprint density at radius 3 is 2.22 bits per heavy atom. The van der Waals surface area contributed by atoms with Gasteiger partial charge in [-0.25, -0.2) is 14.7 Å². The molecule has 0 unspecified atom stereocenters. The molecule has 2 rings (SSSR count). The second-order valence-corrected chi connectivity index (χ2v) is 8.79. The molecule has 27 heavy (non-hydrogen) atoms. The number of para-hydroxylation sites is 1. The van der Waals surface area contributed by atoms with Crippen LogP contribution in [0.4, 0.5) is 15.6 Å². The zero-order valence-corrected chi connectivity index (χ0v) is 18.3. The van der Waals surface area contributed by atoms with E-state index in [0.29, 0.717) is 5.13 Å². The van der Waals surface area contributed by atoms with Gasteiger partial charge in [0, 0.05) is 4.88 Å². The van der Waals surface area contributed by atoms with Crippen molar-refractivity contribution in [2.75, 3.05) is 4.90 Å². The number of carbonyl (C=O) groups is 1. The maximum absolute atomic E-state index is 12.5. The van der Waals surface area contributed by atoms with Gasteiger partial charge in [0.1, 0.15) is 0 Å². The number of hydrogen-bond donors (Lipinski definition) is 1. The van der Waals surface area contributed by atoms with Crippen LogP contribution in [0.15, 0.2) is 18.2 Å². The van der Waals surface area contributed by atoms with E-state index in [2.05, 4.69) is 52.8 Å². The van der Waals surface area contributed by atoms with E-state index in [0.717, 1.165) is 35.3 Å². The summed E-state index contributed by atoms with van der Waals surface area (Å²) in [5, 5.41) is 0.682. The number of benzene rings is 1. The summed E-state index contributed by atoms with van der Waals surface area (Å²) in [6.07, 6.45) is 4.56. The van der Waals surface area contributed by atoms with Crippen LogP contribution in [0.5, 0.6) is 0 Å². The summed E-state index contributed by atoms with van der Waals surface area (Å²) < 4.78 is 0. The molecule has 0 bridgehead atoms. The number of hydrogen-bond acceptors (Lipinski definition) is 3. The fourth-order valence-electron chi connectivity index (χ4n) is 3.35. The Kier molecular flexibility index (Phi) is 7.42. The monoisotopic (exact) mass is 387 g/mol. The Hall–Kier alpha value is -1.88. The van der Waals surface area contributed by atoms with Gasteiger partial charge in [-0.05, 0) is 42.7 Å². The third-order valence-electron chi connectivity index (χ3n) is 4.87. The lowest BCUT2D eigenvalue weighted by molar-refractivity contribution is 0.256. The Morgan fingerprint density at radius 1 is 1.15 bits per heavy atom. The molecule has 0 saturated carbocycles. The van der Waals surface area contributed by atoms with Crippen molar-refractivity contribution < 1.29 is 4.79 Å². The summed E-state index contributed by atoms with van der Waals surface area (Å²) in [5.74, 6) is 0.566. The smallest absolute Gasteiger partial charge is 0.325 e. The van der Waals surface area contributed by atoms with E-state index in [1.54, 1.807) is 16.2 Å². The fraction of sp³-hybridized carbons (Fsp3) is 0.545. The molecule has 1 heterocycles. The topological polar surface area (TPSA) is 59.2 Å². The minimum absolute atomic E-state index is 0.283. The molecular weight excluding hydrogens is 354 g/mol. The van der Waals surface area contributed by atoms with Gasteiger partial charge in [-0.1, -0.05) is 65.7 Å². The zero-order valence-electron chi connectivity index (χ0n) is 17.5. The molecule has 0 aliphatic carbocycles. The average Bonchev–Trinajstić information content (AvgIpc) is 2.95. The van der Waals surface area contributed by atoms with Crippen LogP contribution in [0.25, 0.3) is 0 Å². The SMILES string of the molecule is CCCCCc1sc(N(C(N)=O)c2c(C(C)C)cccc2C(C)C)nc1C. The summed E-state index contributed by atoms with van der Waals surface area (Å²) in [5.41, 5.74) is 10.0. The second-order valence-electron chi connectivity index (χ2n) is 7.73.